The van der Waals surface area contributed by atoms with Crippen LogP contribution in [0.25, 0.3) is 0 Å². The van der Waals surface area contributed by atoms with Crippen molar-refractivity contribution in [1.29, 1.82) is 0 Å². The number of amides is 3. The minimum atomic E-state index is -1.06. The van der Waals surface area contributed by atoms with Crippen molar-refractivity contribution in [3.05, 3.63) is 44.4 Å². The van der Waals surface area contributed by atoms with Crippen molar-refractivity contribution in [2.75, 3.05) is 6.54 Å². The number of urea groups is 1. The summed E-state index contributed by atoms with van der Waals surface area (Å²) in [6.07, 6.45) is 2.23. The molecule has 2 N–H and O–H groups in total. The number of hydrogen-bond donors (Lipinski definition) is 2. The van der Waals surface area contributed by atoms with Crippen molar-refractivity contribution >= 4 is 34.8 Å². The average molecular weight is 399 g/mol. The van der Waals surface area contributed by atoms with E-state index >= 15 is 0 Å². The predicted molar refractivity (Wildman–Crippen MR) is 104 cm³/mol. The maximum Gasteiger partial charge on any atom is 0.325 e. The Labute approximate surface area is 166 Å². The summed E-state index contributed by atoms with van der Waals surface area (Å²) < 4.78 is 0. The largest absolute Gasteiger partial charge is 0.355 e. The van der Waals surface area contributed by atoms with Gasteiger partial charge in [0.2, 0.25) is 0 Å². The summed E-state index contributed by atoms with van der Waals surface area (Å²) in [5.41, 5.74) is 1.70. The molecule has 146 valence electrons. The lowest BCUT2D eigenvalue weighted by Gasteiger charge is -2.31. The third-order valence-electron chi connectivity index (χ3n) is 5.71. The summed E-state index contributed by atoms with van der Waals surface area (Å²) in [6, 6.07) is 1.34. The summed E-state index contributed by atoms with van der Waals surface area (Å²) in [5.74, 6) is -0.903. The molecule has 0 bridgehead atoms. The van der Waals surface area contributed by atoms with E-state index in [1.807, 2.05) is 11.4 Å². The van der Waals surface area contributed by atoms with Crippen LogP contribution in [0.5, 0.6) is 0 Å². The van der Waals surface area contributed by atoms with E-state index in [-0.39, 0.29) is 23.9 Å². The fourth-order valence-electron chi connectivity index (χ4n) is 4.46. The molecule has 2 aromatic rings. The second-order valence-electron chi connectivity index (χ2n) is 7.44. The van der Waals surface area contributed by atoms with Crippen molar-refractivity contribution in [1.82, 2.24) is 15.2 Å². The van der Waals surface area contributed by atoms with Crippen LogP contribution in [0.4, 0.5) is 4.79 Å². The highest BCUT2D eigenvalue weighted by molar-refractivity contribution is 7.10. The third-order valence-corrected chi connectivity index (χ3v) is 6.69. The zero-order valence-corrected chi connectivity index (χ0v) is 16.8. The molecule has 1 atom stereocenters. The van der Waals surface area contributed by atoms with E-state index in [2.05, 4.69) is 10.3 Å². The van der Waals surface area contributed by atoms with Gasteiger partial charge in [-0.25, -0.2) is 4.79 Å². The van der Waals surface area contributed by atoms with Crippen molar-refractivity contribution in [3.63, 3.8) is 0 Å². The Morgan fingerprint density at radius 3 is 2.71 bits per heavy atom. The van der Waals surface area contributed by atoms with Crippen LogP contribution in [0.2, 0.25) is 0 Å². The number of ketones is 2. The number of Topliss-reactive ketones (excluding diaryl/α,β-unsaturated/α-hetero) is 2. The molecule has 1 unspecified atom stereocenters. The number of aromatic nitrogens is 1. The molecular formula is C20H21N3O4S. The lowest BCUT2D eigenvalue weighted by molar-refractivity contribution is -0.131. The molecule has 28 heavy (non-hydrogen) atoms. The predicted octanol–water partition coefficient (Wildman–Crippen LogP) is 2.86. The van der Waals surface area contributed by atoms with E-state index in [1.165, 1.54) is 6.92 Å². The summed E-state index contributed by atoms with van der Waals surface area (Å²) in [5, 5.41) is 4.78. The standard InChI is InChI=1S/C20H21N3O4S/c1-10-16(12(3)24)11(2)21-17(10)14(25)9-23-18(26)20(22-19(23)27)7-4-5-15-13(20)6-8-28-15/h6,8,21H,4-5,7,9H2,1-3H3,(H,22,27). The molecule has 0 radical (unpaired) electrons. The summed E-state index contributed by atoms with van der Waals surface area (Å²) in [6.45, 7) is 4.51. The van der Waals surface area contributed by atoms with Crippen LogP contribution in [0.3, 0.4) is 0 Å². The van der Waals surface area contributed by atoms with Gasteiger partial charge in [-0.1, -0.05) is 0 Å². The Kier molecular flexibility index (Phi) is 4.26. The normalized spacial score (nSPS) is 21.2. The van der Waals surface area contributed by atoms with Gasteiger partial charge >= 0.3 is 6.03 Å². The van der Waals surface area contributed by atoms with E-state index in [9.17, 15) is 19.2 Å². The van der Waals surface area contributed by atoms with Crippen molar-refractivity contribution in [3.8, 4) is 0 Å². The van der Waals surface area contributed by atoms with Crippen LogP contribution < -0.4 is 5.32 Å². The first-order valence-electron chi connectivity index (χ1n) is 9.20. The zero-order chi connectivity index (χ0) is 20.2. The zero-order valence-electron chi connectivity index (χ0n) is 16.0. The number of H-pyrrole nitrogens is 1. The summed E-state index contributed by atoms with van der Waals surface area (Å²) in [7, 11) is 0. The number of nitrogens with zero attached hydrogens (tertiary/aromatic N) is 1. The van der Waals surface area contributed by atoms with E-state index in [4.69, 9.17) is 0 Å². The number of carbonyl (C=O) groups excluding carboxylic acids is 4. The minimum absolute atomic E-state index is 0.133. The van der Waals surface area contributed by atoms with E-state index < -0.39 is 17.4 Å². The van der Waals surface area contributed by atoms with Gasteiger partial charge in [-0.15, -0.1) is 11.3 Å². The molecule has 3 amide bonds. The molecule has 8 heteroatoms. The quantitative estimate of drug-likeness (QED) is 0.610. The number of nitrogens with one attached hydrogen (secondary N) is 2. The number of fused-ring (bicyclic) bond motifs is 2. The Balaban J connectivity index is 1.63. The van der Waals surface area contributed by atoms with Crippen LogP contribution >= 0.6 is 11.3 Å². The molecule has 0 aromatic carbocycles. The molecule has 2 aromatic heterocycles. The van der Waals surface area contributed by atoms with Crippen molar-refractivity contribution < 1.29 is 19.2 Å². The first kappa shape index (κ1) is 18.6. The first-order chi connectivity index (χ1) is 13.3. The van der Waals surface area contributed by atoms with Gasteiger partial charge in [0.05, 0.1) is 12.2 Å². The molecule has 1 aliphatic heterocycles. The summed E-state index contributed by atoms with van der Waals surface area (Å²) in [4.78, 5) is 55.5. The lowest BCUT2D eigenvalue weighted by atomic mass is 9.80. The topological polar surface area (TPSA) is 99.3 Å². The molecular weight excluding hydrogens is 378 g/mol. The molecule has 3 heterocycles. The molecule has 7 nitrogen and oxygen atoms in total. The number of aryl methyl sites for hydroxylation is 2. The lowest BCUT2D eigenvalue weighted by Crippen LogP contribution is -2.46. The third kappa shape index (κ3) is 2.55. The Morgan fingerprint density at radius 2 is 2.04 bits per heavy atom. The van der Waals surface area contributed by atoms with Gasteiger partial charge in [0.15, 0.2) is 11.6 Å². The van der Waals surface area contributed by atoms with Crippen LogP contribution in [-0.2, 0) is 16.8 Å². The number of hydrogen-bond acceptors (Lipinski definition) is 5. The van der Waals surface area contributed by atoms with Gasteiger partial charge < -0.3 is 10.3 Å². The molecule has 1 spiro atoms. The molecule has 2 aliphatic rings. The average Bonchev–Trinajstić information content (AvgIpc) is 3.28. The SMILES string of the molecule is CC(=O)c1c(C)[nH]c(C(=O)CN2C(=O)NC3(CCCc4sccc43)C2=O)c1C. The molecule has 0 saturated carbocycles. The molecule has 1 saturated heterocycles. The van der Waals surface area contributed by atoms with E-state index in [0.29, 0.717) is 23.2 Å². The van der Waals surface area contributed by atoms with Gasteiger partial charge in [-0.2, -0.15) is 0 Å². The fraction of sp³-hybridized carbons (Fsp3) is 0.400. The Morgan fingerprint density at radius 1 is 1.29 bits per heavy atom. The van der Waals surface area contributed by atoms with Crippen molar-refractivity contribution in [2.45, 2.75) is 45.6 Å². The van der Waals surface area contributed by atoms with Crippen LogP contribution in [0, 0.1) is 13.8 Å². The summed E-state index contributed by atoms with van der Waals surface area (Å²) >= 11 is 1.58. The Bertz CT molecular complexity index is 1030. The number of rotatable bonds is 4. The highest BCUT2D eigenvalue weighted by Gasteiger charge is 2.54. The monoisotopic (exact) mass is 399 g/mol. The highest BCUT2D eigenvalue weighted by atomic mass is 32.1. The number of carbonyl (C=O) groups is 4. The van der Waals surface area contributed by atoms with Crippen LogP contribution in [0.1, 0.15) is 62.3 Å². The van der Waals surface area contributed by atoms with Crippen LogP contribution in [0.15, 0.2) is 11.4 Å². The minimum Gasteiger partial charge on any atom is -0.355 e. The van der Waals surface area contributed by atoms with Gasteiger partial charge in [0.1, 0.15) is 5.54 Å². The first-order valence-corrected chi connectivity index (χ1v) is 10.1. The molecule has 1 aliphatic carbocycles. The van der Waals surface area contributed by atoms with Gasteiger partial charge in [0.25, 0.3) is 5.91 Å². The van der Waals surface area contributed by atoms with Gasteiger partial charge in [0, 0.05) is 21.7 Å². The van der Waals surface area contributed by atoms with E-state index in [0.717, 1.165) is 28.2 Å². The maximum absolute atomic E-state index is 13.2. The molecule has 1 fully saturated rings. The Hall–Kier alpha value is -2.74. The molecule has 4 rings (SSSR count). The van der Waals surface area contributed by atoms with Gasteiger partial charge in [-0.3, -0.25) is 19.3 Å². The maximum atomic E-state index is 13.2. The second-order valence-corrected chi connectivity index (χ2v) is 8.44. The van der Waals surface area contributed by atoms with Crippen LogP contribution in [-0.4, -0.2) is 39.9 Å². The van der Waals surface area contributed by atoms with Gasteiger partial charge in [-0.05, 0) is 57.0 Å². The van der Waals surface area contributed by atoms with E-state index in [1.54, 1.807) is 25.2 Å². The number of aromatic amines is 1. The highest BCUT2D eigenvalue weighted by Crippen LogP contribution is 2.42. The number of imide groups is 1. The smallest absolute Gasteiger partial charge is 0.325 e. The second kappa shape index (κ2) is 6.41. The fourth-order valence-corrected chi connectivity index (χ4v) is 5.46. The van der Waals surface area contributed by atoms with Crippen molar-refractivity contribution in [2.24, 2.45) is 0 Å². The number of thiophene rings is 1.